The third kappa shape index (κ3) is 5.04. The minimum absolute atomic E-state index is 0.377. The van der Waals surface area contributed by atoms with Crippen molar-refractivity contribution in [1.29, 1.82) is 0 Å². The normalized spacial score (nSPS) is 11.5. The van der Waals surface area contributed by atoms with Gasteiger partial charge in [-0.05, 0) is 34.9 Å². The van der Waals surface area contributed by atoms with E-state index in [1.807, 2.05) is 0 Å². The van der Waals surface area contributed by atoms with Gasteiger partial charge in [0.2, 0.25) is 0 Å². The van der Waals surface area contributed by atoms with Gasteiger partial charge in [-0.2, -0.15) is 15.3 Å². The van der Waals surface area contributed by atoms with Gasteiger partial charge < -0.3 is 0 Å². The molecule has 0 atom stereocenters. The van der Waals surface area contributed by atoms with Gasteiger partial charge in [-0.25, -0.2) is 52.7 Å². The van der Waals surface area contributed by atoms with E-state index in [0.717, 1.165) is 37.2 Å². The van der Waals surface area contributed by atoms with Crippen molar-refractivity contribution in [2.75, 3.05) is 0 Å². The van der Waals surface area contributed by atoms with Crippen LogP contribution >= 0.6 is 0 Å². The summed E-state index contributed by atoms with van der Waals surface area (Å²) >= 11 is 0. The molecule has 0 aliphatic heterocycles. The number of benzene rings is 4. The van der Waals surface area contributed by atoms with Gasteiger partial charge >= 0.3 is 0 Å². The van der Waals surface area contributed by atoms with Crippen molar-refractivity contribution in [2.24, 2.45) is 0 Å². The first-order chi connectivity index (χ1) is 24.3. The molecule has 0 aliphatic rings. The Labute approximate surface area is 275 Å². The van der Waals surface area contributed by atoms with E-state index in [2.05, 4.69) is 30.6 Å². The van der Waals surface area contributed by atoms with Crippen LogP contribution in [0.1, 0.15) is 0 Å². The largest absolute Gasteiger partial charge is 0.285 e. The summed E-state index contributed by atoms with van der Waals surface area (Å²) in [4.78, 5) is 0. The van der Waals surface area contributed by atoms with E-state index in [-0.39, 0.29) is 0 Å². The van der Waals surface area contributed by atoms with Crippen molar-refractivity contribution in [3.63, 3.8) is 0 Å². The number of aromatic amines is 3. The number of H-pyrrole nitrogens is 3. The maximum Gasteiger partial charge on any atom is 0.170 e. The summed E-state index contributed by atoms with van der Waals surface area (Å²) in [5.41, 5.74) is -13.6. The number of hydrogen-bond donors (Lipinski definition) is 3. The molecule has 0 aliphatic carbocycles. The molecule has 18 heteroatoms. The predicted octanol–water partition coefficient (Wildman–Crippen LogP) is 9.53. The zero-order valence-electron chi connectivity index (χ0n) is 24.6. The molecular formula is C33H12F12N6. The average Bonchev–Trinajstić information content (AvgIpc) is 3.92. The minimum atomic E-state index is -2.16. The maximum atomic E-state index is 15.7. The lowest BCUT2D eigenvalue weighted by Crippen LogP contribution is -2.06. The maximum absolute atomic E-state index is 15.7. The quantitative estimate of drug-likeness (QED) is 0.118. The fourth-order valence-electron chi connectivity index (χ4n) is 5.64. The standard InChI is InChI=1S/C33H12F12N6/c34-22-16(23(35)29(41)19(28(22)40)13-4-46-47-5-13)10-1-11(17-24(36)30(42)20(31(43)25(17)37)14-6-48-49-7-14)3-12(2-10)18-26(38)32(44)21(33(45)27(18)39)15-8-50-51-9-15/h1-9H,(H,46,47)(H,48,49)(H,50,51). The van der Waals surface area contributed by atoms with Gasteiger partial charge in [0.25, 0.3) is 0 Å². The Kier molecular flexibility index (Phi) is 7.95. The fraction of sp³-hybridized carbons (Fsp3) is 0. The molecule has 0 fully saturated rings. The van der Waals surface area contributed by atoms with E-state index < -0.39 is 137 Å². The van der Waals surface area contributed by atoms with Gasteiger partial charge in [-0.3, -0.25) is 15.3 Å². The SMILES string of the molecule is Fc1c(F)c(-c2cc(-c3c(F)c(F)c(-c4cn[nH]c4)c(F)c3F)cc(-c3c(F)c(F)c(-c4cn[nH]c4)c(F)c3F)c2)c(F)c(F)c1-c1cn[nH]c1. The van der Waals surface area contributed by atoms with Crippen LogP contribution in [0.25, 0.3) is 66.8 Å². The van der Waals surface area contributed by atoms with E-state index in [1.165, 1.54) is 0 Å². The first kappa shape index (κ1) is 33.2. The highest BCUT2D eigenvalue weighted by Gasteiger charge is 2.33. The molecule has 0 saturated heterocycles. The molecule has 0 saturated carbocycles. The van der Waals surface area contributed by atoms with Crippen molar-refractivity contribution in [1.82, 2.24) is 30.6 Å². The summed E-state index contributed by atoms with van der Waals surface area (Å²) in [7, 11) is 0. The number of hydrogen-bond acceptors (Lipinski definition) is 3. The first-order valence-electron chi connectivity index (χ1n) is 14.0. The number of nitrogens with zero attached hydrogens (tertiary/aromatic N) is 3. The van der Waals surface area contributed by atoms with Gasteiger partial charge in [-0.1, -0.05) is 0 Å². The lowest BCUT2D eigenvalue weighted by Gasteiger charge is -2.17. The van der Waals surface area contributed by atoms with Gasteiger partial charge in [0, 0.05) is 35.3 Å². The van der Waals surface area contributed by atoms with Gasteiger partial charge in [0.1, 0.15) is 0 Å². The predicted molar refractivity (Wildman–Crippen MR) is 155 cm³/mol. The summed E-state index contributed by atoms with van der Waals surface area (Å²) < 4.78 is 186. The zero-order valence-corrected chi connectivity index (χ0v) is 24.6. The van der Waals surface area contributed by atoms with Crippen LogP contribution in [0.4, 0.5) is 52.7 Å². The van der Waals surface area contributed by atoms with Crippen molar-refractivity contribution in [3.8, 4) is 66.8 Å². The Morgan fingerprint density at radius 1 is 0.275 bits per heavy atom. The molecule has 51 heavy (non-hydrogen) atoms. The van der Waals surface area contributed by atoms with Crippen LogP contribution in [-0.2, 0) is 0 Å². The summed E-state index contributed by atoms with van der Waals surface area (Å²) in [6, 6.07) is 1.13. The monoisotopic (exact) mass is 720 g/mol. The van der Waals surface area contributed by atoms with Crippen LogP contribution in [0, 0.1) is 69.8 Å². The van der Waals surface area contributed by atoms with Crippen LogP contribution in [0.2, 0.25) is 0 Å². The van der Waals surface area contributed by atoms with E-state index in [9.17, 15) is 0 Å². The van der Waals surface area contributed by atoms with Crippen LogP contribution in [-0.4, -0.2) is 30.6 Å². The molecule has 3 heterocycles. The highest BCUT2D eigenvalue weighted by molar-refractivity contribution is 5.85. The van der Waals surface area contributed by atoms with Gasteiger partial charge in [0.15, 0.2) is 69.8 Å². The first-order valence-corrected chi connectivity index (χ1v) is 14.0. The molecular weight excluding hydrogens is 708 g/mol. The molecule has 7 aromatic rings. The van der Waals surface area contributed by atoms with Crippen molar-refractivity contribution in [2.45, 2.75) is 0 Å². The second kappa shape index (κ2) is 12.2. The molecule has 3 aromatic heterocycles. The second-order valence-electron chi connectivity index (χ2n) is 10.8. The van der Waals surface area contributed by atoms with Gasteiger partial charge in [0.05, 0.1) is 52.0 Å². The Bertz CT molecular complexity index is 2120. The molecule has 0 unspecified atom stereocenters. The number of rotatable bonds is 6. The highest BCUT2D eigenvalue weighted by atomic mass is 19.2. The Balaban J connectivity index is 1.56. The highest BCUT2D eigenvalue weighted by Crippen LogP contribution is 2.44. The summed E-state index contributed by atoms with van der Waals surface area (Å²) in [5, 5.41) is 16.9. The smallest absolute Gasteiger partial charge is 0.170 e. The summed E-state index contributed by atoms with van der Waals surface area (Å²) in [6.07, 6.45) is 5.06. The molecule has 0 spiro atoms. The molecule has 6 nitrogen and oxygen atoms in total. The topological polar surface area (TPSA) is 86.0 Å². The van der Waals surface area contributed by atoms with E-state index in [4.69, 9.17) is 0 Å². The van der Waals surface area contributed by atoms with Crippen molar-refractivity contribution in [3.05, 3.63) is 125 Å². The van der Waals surface area contributed by atoms with Gasteiger partial charge in [-0.15, -0.1) is 0 Å². The van der Waals surface area contributed by atoms with Crippen molar-refractivity contribution >= 4 is 0 Å². The molecule has 0 amide bonds. The third-order valence-electron chi connectivity index (χ3n) is 7.95. The van der Waals surface area contributed by atoms with E-state index in [0.29, 0.717) is 18.2 Å². The van der Waals surface area contributed by atoms with E-state index >= 15 is 52.7 Å². The molecule has 3 N–H and O–H groups in total. The molecule has 258 valence electrons. The molecule has 0 bridgehead atoms. The van der Waals surface area contributed by atoms with Crippen LogP contribution < -0.4 is 0 Å². The molecule has 7 rings (SSSR count). The fourth-order valence-corrected chi connectivity index (χ4v) is 5.64. The molecule has 4 aromatic carbocycles. The lowest BCUT2D eigenvalue weighted by molar-refractivity contribution is 0.462. The van der Waals surface area contributed by atoms with Crippen molar-refractivity contribution < 1.29 is 52.7 Å². The summed E-state index contributed by atoms with van der Waals surface area (Å²) in [6.45, 7) is 0. The zero-order chi connectivity index (χ0) is 36.5. The lowest BCUT2D eigenvalue weighted by atomic mass is 9.89. The Morgan fingerprint density at radius 3 is 0.608 bits per heavy atom. The number of aromatic nitrogens is 6. The van der Waals surface area contributed by atoms with E-state index in [1.54, 1.807) is 0 Å². The second-order valence-corrected chi connectivity index (χ2v) is 10.8. The Morgan fingerprint density at radius 2 is 0.451 bits per heavy atom. The minimum Gasteiger partial charge on any atom is -0.285 e. The number of halogens is 12. The third-order valence-corrected chi connectivity index (χ3v) is 7.95. The number of nitrogens with one attached hydrogen (secondary N) is 3. The molecule has 0 radical (unpaired) electrons. The van der Waals surface area contributed by atoms with Crippen LogP contribution in [0.5, 0.6) is 0 Å². The van der Waals surface area contributed by atoms with Crippen LogP contribution in [0.3, 0.4) is 0 Å². The summed E-state index contributed by atoms with van der Waals surface area (Å²) in [5.74, 6) is -25.1. The Hall–Kier alpha value is -6.33. The average molecular weight is 720 g/mol. The van der Waals surface area contributed by atoms with Crippen LogP contribution in [0.15, 0.2) is 55.4 Å².